The lowest BCUT2D eigenvalue weighted by Gasteiger charge is -2.11. The van der Waals surface area contributed by atoms with Gasteiger partial charge in [-0.1, -0.05) is 78.9 Å². The van der Waals surface area contributed by atoms with Crippen LogP contribution in [-0.2, 0) is 19.4 Å². The summed E-state index contributed by atoms with van der Waals surface area (Å²) < 4.78 is 8.10. The van der Waals surface area contributed by atoms with Gasteiger partial charge in [0.25, 0.3) is 11.5 Å². The fourth-order valence-corrected chi connectivity index (χ4v) is 5.25. The topological polar surface area (TPSA) is 72.7 Å². The highest BCUT2D eigenvalue weighted by atomic mass is 79.9. The lowest BCUT2D eigenvalue weighted by molar-refractivity contribution is 0.103. The van der Waals surface area contributed by atoms with Crippen molar-refractivity contribution >= 4 is 38.9 Å². The monoisotopic (exact) mass is 591 g/mol. The number of rotatable bonds is 11. The molecule has 1 N–H and O–H groups in total. The second kappa shape index (κ2) is 13.9. The summed E-state index contributed by atoms with van der Waals surface area (Å²) in [5.74, 6) is 0.365. The smallest absolute Gasteiger partial charge is 0.266 e. The highest BCUT2D eigenvalue weighted by molar-refractivity contribution is 9.10. The molecule has 38 heavy (non-hydrogen) atoms. The van der Waals surface area contributed by atoms with Crippen LogP contribution in [0.5, 0.6) is 5.75 Å². The number of carbonyl (C=O) groups is 1. The molecule has 0 bridgehead atoms. The van der Waals surface area contributed by atoms with Crippen LogP contribution < -0.4 is 20.4 Å². The maximum Gasteiger partial charge on any atom is 0.266 e. The van der Waals surface area contributed by atoms with Crippen molar-refractivity contribution in [3.63, 3.8) is 0 Å². The van der Waals surface area contributed by atoms with Crippen molar-refractivity contribution in [3.8, 4) is 5.75 Å². The zero-order valence-corrected chi connectivity index (χ0v) is 23.6. The predicted molar refractivity (Wildman–Crippen MR) is 157 cm³/mol. The molecule has 4 aromatic rings. The highest BCUT2D eigenvalue weighted by Crippen LogP contribution is 2.28. The Morgan fingerprint density at radius 2 is 1.66 bits per heavy atom. The van der Waals surface area contributed by atoms with Crippen molar-refractivity contribution in [1.82, 2.24) is 4.57 Å². The molecule has 0 atom stereocenters. The van der Waals surface area contributed by atoms with E-state index in [0.717, 1.165) is 22.9 Å². The first-order valence-corrected chi connectivity index (χ1v) is 14.2. The van der Waals surface area contributed by atoms with Crippen LogP contribution in [0.4, 0.5) is 5.69 Å². The lowest BCUT2D eigenvalue weighted by atomic mass is 10.1. The number of benzene rings is 3. The Morgan fingerprint density at radius 1 is 0.974 bits per heavy atom. The number of amides is 1. The third-order valence-corrected chi connectivity index (χ3v) is 7.46. The van der Waals surface area contributed by atoms with E-state index in [2.05, 4.69) is 33.4 Å². The summed E-state index contributed by atoms with van der Waals surface area (Å²) in [6.07, 6.45) is 2.35. The maximum atomic E-state index is 13.2. The van der Waals surface area contributed by atoms with Crippen molar-refractivity contribution in [3.05, 3.63) is 121 Å². The van der Waals surface area contributed by atoms with E-state index >= 15 is 0 Å². The number of anilines is 1. The largest absolute Gasteiger partial charge is 0.492 e. The van der Waals surface area contributed by atoms with Gasteiger partial charge in [-0.3, -0.25) is 19.1 Å². The number of nitrogens with one attached hydrogen (secondary N) is 1. The maximum absolute atomic E-state index is 13.2. The molecule has 0 fully saturated rings. The molecule has 6 nitrogen and oxygen atoms in total. The Kier molecular flexibility index (Phi) is 10.1. The van der Waals surface area contributed by atoms with Crippen LogP contribution >= 0.6 is 27.3 Å². The van der Waals surface area contributed by atoms with Crippen LogP contribution in [0.2, 0.25) is 0 Å². The molecule has 3 aromatic carbocycles. The third-order valence-electron chi connectivity index (χ3n) is 5.79. The van der Waals surface area contributed by atoms with E-state index in [1.54, 1.807) is 16.7 Å². The summed E-state index contributed by atoms with van der Waals surface area (Å²) in [4.78, 5) is 31.9. The van der Waals surface area contributed by atoms with Crippen molar-refractivity contribution in [2.24, 2.45) is 4.99 Å². The standard InChI is InChI=1S/C30H30BrN3O3S/c1-2-19-37-26-14-13-24(20-25(26)31)33-29(36)27-21-28(35)34(18-16-23-11-7-4-8-12-23)30(38-27)32-17-15-22-9-5-3-6-10-22/h3-14,20-21H,2,15-19H2,1H3,(H,33,36). The minimum atomic E-state index is -0.351. The normalized spacial score (nSPS) is 11.4. The van der Waals surface area contributed by atoms with Gasteiger partial charge in [0.1, 0.15) is 10.6 Å². The zero-order chi connectivity index (χ0) is 26.7. The van der Waals surface area contributed by atoms with Crippen LogP contribution in [0.15, 0.2) is 99.2 Å². The molecule has 0 aliphatic rings. The van der Waals surface area contributed by atoms with E-state index in [0.29, 0.717) is 47.2 Å². The van der Waals surface area contributed by atoms with Gasteiger partial charge in [0.15, 0.2) is 4.80 Å². The van der Waals surface area contributed by atoms with Crippen molar-refractivity contribution < 1.29 is 9.53 Å². The molecule has 0 saturated carbocycles. The minimum Gasteiger partial charge on any atom is -0.492 e. The second-order valence-corrected chi connectivity index (χ2v) is 10.5. The van der Waals surface area contributed by atoms with Gasteiger partial charge in [0, 0.05) is 24.8 Å². The van der Waals surface area contributed by atoms with E-state index in [1.807, 2.05) is 61.5 Å². The second-order valence-electron chi connectivity index (χ2n) is 8.68. The first-order valence-electron chi connectivity index (χ1n) is 12.6. The molecular weight excluding hydrogens is 562 g/mol. The molecule has 0 unspecified atom stereocenters. The molecule has 196 valence electrons. The number of halogens is 1. The molecule has 1 heterocycles. The van der Waals surface area contributed by atoms with Crippen molar-refractivity contribution in [2.75, 3.05) is 18.5 Å². The van der Waals surface area contributed by atoms with E-state index < -0.39 is 0 Å². The molecule has 0 aliphatic heterocycles. The van der Waals surface area contributed by atoms with Crippen molar-refractivity contribution in [1.29, 1.82) is 0 Å². The first-order chi connectivity index (χ1) is 18.5. The van der Waals surface area contributed by atoms with E-state index in [1.165, 1.54) is 23.0 Å². The van der Waals surface area contributed by atoms with Gasteiger partial charge >= 0.3 is 0 Å². The van der Waals surface area contributed by atoms with Crippen LogP contribution in [0.1, 0.15) is 34.1 Å². The quantitative estimate of drug-likeness (QED) is 0.229. The van der Waals surface area contributed by atoms with Gasteiger partial charge in [-0.15, -0.1) is 0 Å². The van der Waals surface area contributed by atoms with Crippen LogP contribution in [-0.4, -0.2) is 23.6 Å². The third kappa shape index (κ3) is 7.76. The molecule has 4 rings (SSSR count). The molecule has 0 spiro atoms. The fraction of sp³-hybridized carbons (Fsp3) is 0.233. The van der Waals surface area contributed by atoms with Gasteiger partial charge in [0.05, 0.1) is 11.1 Å². The molecule has 0 saturated heterocycles. The molecule has 1 amide bonds. The number of carbonyl (C=O) groups excluding carboxylic acids is 1. The summed E-state index contributed by atoms with van der Waals surface area (Å²) in [5, 5.41) is 2.89. The first kappa shape index (κ1) is 27.5. The summed E-state index contributed by atoms with van der Waals surface area (Å²) in [7, 11) is 0. The number of hydrogen-bond acceptors (Lipinski definition) is 5. The number of nitrogens with zero attached hydrogens (tertiary/aromatic N) is 2. The lowest BCUT2D eigenvalue weighted by Crippen LogP contribution is -2.34. The van der Waals surface area contributed by atoms with E-state index in [4.69, 9.17) is 9.73 Å². The van der Waals surface area contributed by atoms with Crippen LogP contribution in [0.3, 0.4) is 0 Å². The van der Waals surface area contributed by atoms with Crippen LogP contribution in [0, 0.1) is 0 Å². The SMILES string of the molecule is CCCOc1ccc(NC(=O)c2cc(=O)n(CCc3ccccc3)c(=NCCc3ccccc3)s2)cc1Br. The Bertz CT molecular complexity index is 1480. The summed E-state index contributed by atoms with van der Waals surface area (Å²) in [6.45, 7) is 3.66. The number of hydrogen-bond donors (Lipinski definition) is 1. The van der Waals surface area contributed by atoms with Gasteiger partial charge in [-0.2, -0.15) is 0 Å². The molecule has 0 radical (unpaired) electrons. The minimum absolute atomic E-state index is 0.243. The Morgan fingerprint density at radius 3 is 2.32 bits per heavy atom. The molecular formula is C30H30BrN3O3S. The Labute approximate surface area is 234 Å². The number of aryl methyl sites for hydroxylation is 1. The highest BCUT2D eigenvalue weighted by Gasteiger charge is 2.13. The van der Waals surface area contributed by atoms with Gasteiger partial charge in [-0.25, -0.2) is 0 Å². The summed E-state index contributed by atoms with van der Waals surface area (Å²) in [6, 6.07) is 26.9. The van der Waals surface area contributed by atoms with Gasteiger partial charge in [0.2, 0.25) is 0 Å². The summed E-state index contributed by atoms with van der Waals surface area (Å²) >= 11 is 4.73. The van der Waals surface area contributed by atoms with Crippen LogP contribution in [0.25, 0.3) is 0 Å². The predicted octanol–water partition coefficient (Wildman–Crippen LogP) is 6.10. The van der Waals surface area contributed by atoms with Gasteiger partial charge in [-0.05, 0) is 64.5 Å². The Balaban J connectivity index is 1.58. The number of ether oxygens (including phenoxy) is 1. The van der Waals surface area contributed by atoms with Crippen molar-refractivity contribution in [2.45, 2.75) is 32.7 Å². The summed E-state index contributed by atoms with van der Waals surface area (Å²) in [5.41, 5.74) is 2.67. The molecule has 1 aromatic heterocycles. The number of aromatic nitrogens is 1. The molecule has 0 aliphatic carbocycles. The average molecular weight is 593 g/mol. The van der Waals surface area contributed by atoms with E-state index in [9.17, 15) is 9.59 Å². The zero-order valence-electron chi connectivity index (χ0n) is 21.2. The average Bonchev–Trinajstić information content (AvgIpc) is 2.93. The van der Waals surface area contributed by atoms with E-state index in [-0.39, 0.29) is 11.5 Å². The van der Waals surface area contributed by atoms with Gasteiger partial charge < -0.3 is 10.1 Å². The molecule has 8 heteroatoms. The Hall–Kier alpha value is -3.49. The fourth-order valence-electron chi connectivity index (χ4n) is 3.81.